The summed E-state index contributed by atoms with van der Waals surface area (Å²) < 4.78 is 2.87. The summed E-state index contributed by atoms with van der Waals surface area (Å²) in [5, 5.41) is 9.10. The van der Waals surface area contributed by atoms with Gasteiger partial charge in [0.25, 0.3) is 0 Å². The third kappa shape index (κ3) is 1.11. The Morgan fingerprint density at radius 3 is 3.00 bits per heavy atom. The zero-order chi connectivity index (χ0) is 8.72. The maximum atomic E-state index is 5.70. The van der Waals surface area contributed by atoms with Crippen molar-refractivity contribution in [2.75, 3.05) is 0 Å². The van der Waals surface area contributed by atoms with E-state index >= 15 is 0 Å². The molecule has 12 heavy (non-hydrogen) atoms. The van der Waals surface area contributed by atoms with Gasteiger partial charge in [-0.15, -0.1) is 10.2 Å². The van der Waals surface area contributed by atoms with E-state index < -0.39 is 0 Å². The van der Waals surface area contributed by atoms with Crippen molar-refractivity contribution < 1.29 is 0 Å². The Morgan fingerprint density at radius 2 is 2.25 bits per heavy atom. The molecule has 2 heterocycles. The summed E-state index contributed by atoms with van der Waals surface area (Å²) >= 11 is 9.10. The predicted molar refractivity (Wildman–Crippen MR) is 51.2 cm³/mol. The molecule has 5 heteroatoms. The number of hydrogen-bond donors (Lipinski definition) is 0. The third-order valence-electron chi connectivity index (χ3n) is 1.64. The van der Waals surface area contributed by atoms with Gasteiger partial charge in [-0.2, -0.15) is 0 Å². The quantitative estimate of drug-likeness (QED) is 0.714. The van der Waals surface area contributed by atoms with Crippen LogP contribution in [-0.2, 0) is 7.05 Å². The van der Waals surface area contributed by atoms with E-state index in [-0.39, 0.29) is 0 Å². The molecule has 2 rings (SSSR count). The van der Waals surface area contributed by atoms with Gasteiger partial charge < -0.3 is 4.57 Å². The van der Waals surface area contributed by atoms with Crippen LogP contribution in [0, 0.1) is 0 Å². The maximum absolute atomic E-state index is 5.70. The lowest BCUT2D eigenvalue weighted by molar-refractivity contribution is 0.916. The lowest BCUT2D eigenvalue weighted by atomic mass is 10.4. The van der Waals surface area contributed by atoms with Crippen LogP contribution in [0.5, 0.6) is 0 Å². The van der Waals surface area contributed by atoms with E-state index in [4.69, 9.17) is 11.6 Å². The van der Waals surface area contributed by atoms with Crippen LogP contribution in [0.15, 0.2) is 16.7 Å². The van der Waals surface area contributed by atoms with Crippen molar-refractivity contribution in [3.05, 3.63) is 21.9 Å². The zero-order valence-electron chi connectivity index (χ0n) is 6.25. The van der Waals surface area contributed by atoms with Gasteiger partial charge in [0.15, 0.2) is 10.8 Å². The Kier molecular flexibility index (Phi) is 1.81. The monoisotopic (exact) mass is 245 g/mol. The van der Waals surface area contributed by atoms with Gasteiger partial charge in [0, 0.05) is 23.1 Å². The number of aromatic nitrogens is 3. The first kappa shape index (κ1) is 8.01. The molecule has 2 aromatic heterocycles. The smallest absolute Gasteiger partial charge is 0.163 e. The Bertz CT molecular complexity index is 437. The van der Waals surface area contributed by atoms with Crippen LogP contribution in [0.4, 0.5) is 0 Å². The Balaban J connectivity index is 2.90. The molecule has 0 unspecified atom stereocenters. The van der Waals surface area contributed by atoms with E-state index in [1.54, 1.807) is 6.07 Å². The van der Waals surface area contributed by atoms with Crippen molar-refractivity contribution in [3.8, 4) is 0 Å². The fourth-order valence-corrected chi connectivity index (χ4v) is 1.84. The average molecular weight is 246 g/mol. The highest BCUT2D eigenvalue weighted by atomic mass is 79.9. The van der Waals surface area contributed by atoms with E-state index in [1.807, 2.05) is 17.8 Å². The zero-order valence-corrected chi connectivity index (χ0v) is 8.59. The second-order valence-electron chi connectivity index (χ2n) is 2.49. The van der Waals surface area contributed by atoms with E-state index in [2.05, 4.69) is 26.1 Å². The highest BCUT2D eigenvalue weighted by molar-refractivity contribution is 9.10. The molecule has 0 aromatic carbocycles. The summed E-state index contributed by atoms with van der Waals surface area (Å²) in [4.78, 5) is 0. The minimum absolute atomic E-state index is 0.411. The molecule has 0 radical (unpaired) electrons. The number of hydrogen-bond acceptors (Lipinski definition) is 2. The number of rotatable bonds is 0. The van der Waals surface area contributed by atoms with Crippen molar-refractivity contribution in [3.63, 3.8) is 0 Å². The highest BCUT2D eigenvalue weighted by Gasteiger charge is 2.05. The van der Waals surface area contributed by atoms with E-state index in [1.165, 1.54) is 0 Å². The van der Waals surface area contributed by atoms with Gasteiger partial charge in [-0.3, -0.25) is 0 Å². The highest BCUT2D eigenvalue weighted by Crippen LogP contribution is 2.24. The molecule has 0 bridgehead atoms. The lowest BCUT2D eigenvalue weighted by Gasteiger charge is -1.92. The van der Waals surface area contributed by atoms with Crippen LogP contribution in [-0.4, -0.2) is 14.8 Å². The number of halogens is 2. The summed E-state index contributed by atoms with van der Waals surface area (Å²) in [6.07, 6.45) is 1.93. The summed E-state index contributed by atoms with van der Waals surface area (Å²) in [6.45, 7) is 0. The van der Waals surface area contributed by atoms with E-state index in [0.717, 1.165) is 15.5 Å². The van der Waals surface area contributed by atoms with Gasteiger partial charge in [0.1, 0.15) is 0 Å². The van der Waals surface area contributed by atoms with Crippen molar-refractivity contribution in [1.29, 1.82) is 0 Å². The molecule has 62 valence electrons. The van der Waals surface area contributed by atoms with Crippen LogP contribution in [0.3, 0.4) is 0 Å². The minimum atomic E-state index is 0.411. The number of nitrogens with zero attached hydrogens (tertiary/aromatic N) is 3. The molecule has 0 atom stereocenters. The van der Waals surface area contributed by atoms with Crippen LogP contribution in [0.2, 0.25) is 5.15 Å². The summed E-state index contributed by atoms with van der Waals surface area (Å²) in [6, 6.07) is 1.79. The molecule has 0 spiro atoms. The second-order valence-corrected chi connectivity index (χ2v) is 3.73. The molecule has 0 amide bonds. The molecular formula is C7H5BrClN3. The molecule has 0 saturated carbocycles. The summed E-state index contributed by atoms with van der Waals surface area (Å²) in [5.41, 5.74) is 0.825. The summed E-state index contributed by atoms with van der Waals surface area (Å²) in [5.74, 6) is 0. The first-order valence-corrected chi connectivity index (χ1v) is 4.49. The SMILES string of the molecule is Cn1cc(Br)c2cc(Cl)nnc21. The molecule has 3 nitrogen and oxygen atoms in total. The van der Waals surface area contributed by atoms with Crippen LogP contribution in [0.25, 0.3) is 11.0 Å². The van der Waals surface area contributed by atoms with Gasteiger partial charge in [0.05, 0.1) is 0 Å². The Hall–Kier alpha value is -0.610. The van der Waals surface area contributed by atoms with E-state index in [9.17, 15) is 0 Å². The third-order valence-corrected chi connectivity index (χ3v) is 2.46. The van der Waals surface area contributed by atoms with Gasteiger partial charge in [-0.25, -0.2) is 0 Å². The minimum Gasteiger partial charge on any atom is -0.333 e. The number of fused-ring (bicyclic) bond motifs is 1. The van der Waals surface area contributed by atoms with Crippen molar-refractivity contribution in [1.82, 2.24) is 14.8 Å². The largest absolute Gasteiger partial charge is 0.333 e. The molecule has 0 fully saturated rings. The average Bonchev–Trinajstić information content (AvgIpc) is 2.28. The van der Waals surface area contributed by atoms with Gasteiger partial charge in [0.2, 0.25) is 0 Å². The molecule has 0 aliphatic heterocycles. The van der Waals surface area contributed by atoms with Crippen molar-refractivity contribution >= 4 is 38.6 Å². The Labute approximate surface area is 82.5 Å². The standard InChI is InChI=1S/C7H5BrClN3/c1-12-3-5(8)4-2-6(9)10-11-7(4)12/h2-3H,1H3. The second kappa shape index (κ2) is 2.71. The molecule has 2 aromatic rings. The van der Waals surface area contributed by atoms with Crippen LogP contribution >= 0.6 is 27.5 Å². The van der Waals surface area contributed by atoms with Crippen molar-refractivity contribution in [2.24, 2.45) is 7.05 Å². The molecule has 0 aliphatic rings. The maximum Gasteiger partial charge on any atom is 0.163 e. The van der Waals surface area contributed by atoms with Gasteiger partial charge in [-0.1, -0.05) is 11.6 Å². The van der Waals surface area contributed by atoms with Gasteiger partial charge >= 0.3 is 0 Å². The number of aryl methyl sites for hydroxylation is 1. The fraction of sp³-hybridized carbons (Fsp3) is 0.143. The fourth-order valence-electron chi connectivity index (χ4n) is 1.10. The van der Waals surface area contributed by atoms with Crippen LogP contribution < -0.4 is 0 Å². The van der Waals surface area contributed by atoms with Crippen LogP contribution in [0.1, 0.15) is 0 Å². The molecular weight excluding hydrogens is 241 g/mol. The molecule has 0 saturated heterocycles. The first-order valence-electron chi connectivity index (χ1n) is 3.32. The van der Waals surface area contributed by atoms with Crippen molar-refractivity contribution in [2.45, 2.75) is 0 Å². The Morgan fingerprint density at radius 1 is 1.50 bits per heavy atom. The molecule has 0 N–H and O–H groups in total. The predicted octanol–water partition coefficient (Wildman–Crippen LogP) is 2.38. The lowest BCUT2D eigenvalue weighted by Crippen LogP contribution is -1.89. The summed E-state index contributed by atoms with van der Waals surface area (Å²) in [7, 11) is 1.91. The normalized spacial score (nSPS) is 10.9. The van der Waals surface area contributed by atoms with Gasteiger partial charge in [-0.05, 0) is 22.0 Å². The first-order chi connectivity index (χ1) is 5.68. The topological polar surface area (TPSA) is 30.7 Å². The molecule has 0 aliphatic carbocycles. The van der Waals surface area contributed by atoms with E-state index in [0.29, 0.717) is 5.15 Å².